The Morgan fingerprint density at radius 3 is 2.42 bits per heavy atom. The first-order chi connectivity index (χ1) is 8.90. The highest BCUT2D eigenvalue weighted by Crippen LogP contribution is 2.10. The van der Waals surface area contributed by atoms with Gasteiger partial charge in [-0.25, -0.2) is 17.9 Å². The van der Waals surface area contributed by atoms with E-state index < -0.39 is 28.6 Å². The molecule has 106 valence electrons. The number of methoxy groups -OCH3 is 1. The van der Waals surface area contributed by atoms with E-state index in [0.717, 1.165) is 19.1 Å². The Morgan fingerprint density at radius 1 is 1.37 bits per heavy atom. The molecule has 0 aliphatic carbocycles. The van der Waals surface area contributed by atoms with Crippen LogP contribution in [-0.4, -0.2) is 39.3 Å². The standard InChI is InChI=1S/C12H17NO5S/c1-3-9-4-6-10(7-5-9)19(16,17)13-8-11(14)12(15)18-2/h4-7,11,13-14H,3,8H2,1-2H3. The molecule has 0 saturated heterocycles. The van der Waals surface area contributed by atoms with E-state index in [4.69, 9.17) is 0 Å². The van der Waals surface area contributed by atoms with Crippen molar-refractivity contribution in [2.45, 2.75) is 24.3 Å². The van der Waals surface area contributed by atoms with Crippen molar-refractivity contribution in [3.63, 3.8) is 0 Å². The number of rotatable bonds is 6. The van der Waals surface area contributed by atoms with Crippen molar-refractivity contribution >= 4 is 16.0 Å². The lowest BCUT2D eigenvalue weighted by Crippen LogP contribution is -2.37. The summed E-state index contributed by atoms with van der Waals surface area (Å²) in [4.78, 5) is 11.0. The van der Waals surface area contributed by atoms with Gasteiger partial charge in [-0.05, 0) is 24.1 Å². The van der Waals surface area contributed by atoms with E-state index in [1.165, 1.54) is 12.1 Å². The summed E-state index contributed by atoms with van der Waals surface area (Å²) in [6.45, 7) is 1.54. The molecule has 0 fully saturated rings. The minimum Gasteiger partial charge on any atom is -0.467 e. The van der Waals surface area contributed by atoms with Gasteiger partial charge in [0.15, 0.2) is 6.10 Å². The van der Waals surface area contributed by atoms with E-state index in [1.54, 1.807) is 12.1 Å². The Labute approximate surface area is 112 Å². The van der Waals surface area contributed by atoms with Gasteiger partial charge in [0.05, 0.1) is 12.0 Å². The summed E-state index contributed by atoms with van der Waals surface area (Å²) in [6, 6.07) is 6.38. The van der Waals surface area contributed by atoms with Crippen LogP contribution in [0, 0.1) is 0 Å². The topological polar surface area (TPSA) is 92.7 Å². The Balaban J connectivity index is 2.72. The molecule has 0 amide bonds. The van der Waals surface area contributed by atoms with Crippen LogP contribution in [0.25, 0.3) is 0 Å². The molecule has 19 heavy (non-hydrogen) atoms. The van der Waals surface area contributed by atoms with E-state index in [2.05, 4.69) is 9.46 Å². The molecule has 1 rings (SSSR count). The van der Waals surface area contributed by atoms with Crippen LogP contribution in [0.5, 0.6) is 0 Å². The monoisotopic (exact) mass is 287 g/mol. The number of ether oxygens (including phenoxy) is 1. The second-order valence-electron chi connectivity index (χ2n) is 3.89. The van der Waals surface area contributed by atoms with E-state index in [1.807, 2.05) is 6.92 Å². The van der Waals surface area contributed by atoms with Gasteiger partial charge in [-0.1, -0.05) is 19.1 Å². The molecule has 0 aromatic heterocycles. The molecule has 6 nitrogen and oxygen atoms in total. The van der Waals surface area contributed by atoms with Crippen molar-refractivity contribution < 1.29 is 23.1 Å². The van der Waals surface area contributed by atoms with Gasteiger partial charge in [-0.15, -0.1) is 0 Å². The minimum atomic E-state index is -3.74. The lowest BCUT2D eigenvalue weighted by Gasteiger charge is -2.10. The zero-order valence-electron chi connectivity index (χ0n) is 10.8. The fourth-order valence-electron chi connectivity index (χ4n) is 1.40. The Kier molecular flexibility index (Phi) is 5.46. The van der Waals surface area contributed by atoms with Crippen molar-refractivity contribution in [3.8, 4) is 0 Å². The Hall–Kier alpha value is -1.44. The largest absolute Gasteiger partial charge is 0.467 e. The van der Waals surface area contributed by atoms with Crippen molar-refractivity contribution in [2.75, 3.05) is 13.7 Å². The number of hydrogen-bond donors (Lipinski definition) is 2. The Bertz CT molecular complexity index is 524. The fraction of sp³-hybridized carbons (Fsp3) is 0.417. The van der Waals surface area contributed by atoms with Crippen LogP contribution in [-0.2, 0) is 26.0 Å². The average molecular weight is 287 g/mol. The smallest absolute Gasteiger partial charge is 0.336 e. The molecule has 0 radical (unpaired) electrons. The first kappa shape index (κ1) is 15.6. The molecule has 1 aromatic carbocycles. The van der Waals surface area contributed by atoms with Gasteiger partial charge in [-0.3, -0.25) is 0 Å². The molecular weight excluding hydrogens is 270 g/mol. The molecule has 1 aromatic rings. The molecule has 2 N–H and O–H groups in total. The van der Waals surface area contributed by atoms with Gasteiger partial charge >= 0.3 is 5.97 Å². The second kappa shape index (κ2) is 6.65. The Morgan fingerprint density at radius 2 is 1.95 bits per heavy atom. The third kappa shape index (κ3) is 4.30. The van der Waals surface area contributed by atoms with Crippen LogP contribution >= 0.6 is 0 Å². The van der Waals surface area contributed by atoms with Crippen molar-refractivity contribution in [1.82, 2.24) is 4.72 Å². The zero-order valence-corrected chi connectivity index (χ0v) is 11.6. The molecular formula is C12H17NO5S. The molecule has 0 heterocycles. The normalized spacial score (nSPS) is 13.0. The van der Waals surface area contributed by atoms with Gasteiger partial charge < -0.3 is 9.84 Å². The van der Waals surface area contributed by atoms with Gasteiger partial charge in [0.1, 0.15) is 0 Å². The molecule has 0 bridgehead atoms. The van der Waals surface area contributed by atoms with Crippen molar-refractivity contribution in [3.05, 3.63) is 29.8 Å². The van der Waals surface area contributed by atoms with Gasteiger partial charge in [0, 0.05) is 6.54 Å². The number of aliphatic hydroxyl groups excluding tert-OH is 1. The SMILES string of the molecule is CCc1ccc(S(=O)(=O)NCC(O)C(=O)OC)cc1. The maximum Gasteiger partial charge on any atom is 0.336 e. The van der Waals surface area contributed by atoms with E-state index in [-0.39, 0.29) is 4.90 Å². The van der Waals surface area contributed by atoms with Crippen molar-refractivity contribution in [1.29, 1.82) is 0 Å². The van der Waals surface area contributed by atoms with E-state index in [0.29, 0.717) is 0 Å². The summed E-state index contributed by atoms with van der Waals surface area (Å²) in [5.41, 5.74) is 1.02. The summed E-state index contributed by atoms with van der Waals surface area (Å²) < 4.78 is 30.2. The molecule has 1 unspecified atom stereocenters. The van der Waals surface area contributed by atoms with Crippen LogP contribution in [0.15, 0.2) is 29.2 Å². The second-order valence-corrected chi connectivity index (χ2v) is 5.66. The molecule has 0 saturated carbocycles. The number of aliphatic hydroxyl groups is 1. The predicted octanol–water partition coefficient (Wildman–Crippen LogP) is 0.0612. The third-order valence-electron chi connectivity index (χ3n) is 2.58. The summed E-state index contributed by atoms with van der Waals surface area (Å²) in [5, 5.41) is 9.31. The lowest BCUT2D eigenvalue weighted by atomic mass is 10.2. The summed E-state index contributed by atoms with van der Waals surface area (Å²) in [6.07, 6.45) is -0.705. The van der Waals surface area contributed by atoms with Crippen LogP contribution in [0.4, 0.5) is 0 Å². The third-order valence-corrected chi connectivity index (χ3v) is 4.02. The maximum atomic E-state index is 11.9. The average Bonchev–Trinajstić information content (AvgIpc) is 2.44. The highest BCUT2D eigenvalue weighted by molar-refractivity contribution is 7.89. The number of carbonyl (C=O) groups excluding carboxylic acids is 1. The summed E-state index contributed by atoms with van der Waals surface area (Å²) in [7, 11) is -2.63. The van der Waals surface area contributed by atoms with Crippen LogP contribution in [0.1, 0.15) is 12.5 Å². The number of sulfonamides is 1. The molecule has 7 heteroatoms. The summed E-state index contributed by atoms with van der Waals surface area (Å²) in [5.74, 6) is -0.885. The minimum absolute atomic E-state index is 0.0850. The predicted molar refractivity (Wildman–Crippen MR) is 69.0 cm³/mol. The van der Waals surface area contributed by atoms with E-state index >= 15 is 0 Å². The van der Waals surface area contributed by atoms with Gasteiger partial charge in [0.25, 0.3) is 0 Å². The lowest BCUT2D eigenvalue weighted by molar-refractivity contribution is -0.149. The summed E-state index contributed by atoms with van der Waals surface area (Å²) >= 11 is 0. The zero-order chi connectivity index (χ0) is 14.5. The number of benzene rings is 1. The molecule has 1 atom stereocenters. The fourth-order valence-corrected chi connectivity index (χ4v) is 2.43. The first-order valence-corrected chi connectivity index (χ1v) is 7.23. The number of nitrogens with one attached hydrogen (secondary N) is 1. The molecule has 0 aliphatic heterocycles. The van der Waals surface area contributed by atoms with Gasteiger partial charge in [-0.2, -0.15) is 0 Å². The van der Waals surface area contributed by atoms with Crippen LogP contribution in [0.2, 0.25) is 0 Å². The number of esters is 1. The highest BCUT2D eigenvalue weighted by Gasteiger charge is 2.20. The number of aryl methyl sites for hydroxylation is 1. The van der Waals surface area contributed by atoms with Crippen LogP contribution in [0.3, 0.4) is 0 Å². The quantitative estimate of drug-likeness (QED) is 0.722. The molecule has 0 spiro atoms. The van der Waals surface area contributed by atoms with Gasteiger partial charge in [0.2, 0.25) is 10.0 Å². The van der Waals surface area contributed by atoms with E-state index in [9.17, 15) is 18.3 Å². The van der Waals surface area contributed by atoms with Crippen LogP contribution < -0.4 is 4.72 Å². The number of carbonyl (C=O) groups is 1. The number of hydrogen-bond acceptors (Lipinski definition) is 5. The molecule has 0 aliphatic rings. The first-order valence-electron chi connectivity index (χ1n) is 5.75. The maximum absolute atomic E-state index is 11.9. The highest BCUT2D eigenvalue weighted by atomic mass is 32.2. The van der Waals surface area contributed by atoms with Crippen molar-refractivity contribution in [2.24, 2.45) is 0 Å².